The molecule has 0 saturated carbocycles. The third-order valence-corrected chi connectivity index (χ3v) is 3.92. The number of methoxy groups -OCH3 is 1. The summed E-state index contributed by atoms with van der Waals surface area (Å²) in [6.07, 6.45) is 1.72. The van der Waals surface area contributed by atoms with Gasteiger partial charge in [0.1, 0.15) is 0 Å². The highest BCUT2D eigenvalue weighted by Crippen LogP contribution is 2.31. The molecule has 0 aromatic heterocycles. The van der Waals surface area contributed by atoms with Crippen LogP contribution in [0.15, 0.2) is 4.99 Å². The molecule has 1 fully saturated rings. The second kappa shape index (κ2) is 7.81. The summed E-state index contributed by atoms with van der Waals surface area (Å²) in [5.74, 6) is 0.749. The number of aliphatic imine (C=N–C) groups is 1. The fourth-order valence-electron chi connectivity index (χ4n) is 2.17. The van der Waals surface area contributed by atoms with Gasteiger partial charge in [-0.2, -0.15) is 0 Å². The average molecular weight is 287 g/mol. The zero-order chi connectivity index (χ0) is 15.1. The molecule has 6 nitrogen and oxygen atoms in total. The van der Waals surface area contributed by atoms with Crippen molar-refractivity contribution in [3.8, 4) is 0 Å². The van der Waals surface area contributed by atoms with Crippen molar-refractivity contribution in [1.29, 1.82) is 0 Å². The summed E-state index contributed by atoms with van der Waals surface area (Å²) in [5, 5.41) is 15.8. The van der Waals surface area contributed by atoms with Gasteiger partial charge in [-0.3, -0.25) is 4.99 Å². The summed E-state index contributed by atoms with van der Waals surface area (Å²) in [7, 11) is 3.45. The van der Waals surface area contributed by atoms with Gasteiger partial charge in [-0.1, -0.05) is 0 Å². The van der Waals surface area contributed by atoms with E-state index in [1.807, 2.05) is 13.8 Å². The van der Waals surface area contributed by atoms with E-state index in [9.17, 15) is 5.11 Å². The third-order valence-electron chi connectivity index (χ3n) is 3.92. The van der Waals surface area contributed by atoms with Gasteiger partial charge in [0.2, 0.25) is 0 Å². The lowest BCUT2D eigenvalue weighted by molar-refractivity contribution is 0.0267. The fourth-order valence-corrected chi connectivity index (χ4v) is 2.17. The lowest BCUT2D eigenvalue weighted by Crippen LogP contribution is -2.48. The van der Waals surface area contributed by atoms with Crippen molar-refractivity contribution in [2.45, 2.75) is 32.3 Å². The van der Waals surface area contributed by atoms with Crippen LogP contribution in [0.3, 0.4) is 0 Å². The van der Waals surface area contributed by atoms with Crippen molar-refractivity contribution in [3.63, 3.8) is 0 Å². The monoisotopic (exact) mass is 287 g/mol. The summed E-state index contributed by atoms with van der Waals surface area (Å²) in [5.41, 5.74) is -0.222. The molecule has 0 aliphatic carbocycles. The molecule has 118 valence electrons. The second-order valence-electron chi connectivity index (χ2n) is 6.02. The molecule has 0 amide bonds. The second-order valence-corrected chi connectivity index (χ2v) is 6.02. The Morgan fingerprint density at radius 1 is 1.45 bits per heavy atom. The van der Waals surface area contributed by atoms with Crippen LogP contribution >= 0.6 is 0 Å². The molecule has 0 radical (unpaired) electrons. The van der Waals surface area contributed by atoms with Crippen LogP contribution in [-0.2, 0) is 9.47 Å². The first kappa shape index (κ1) is 17.2. The number of nitrogens with zero attached hydrogens (tertiary/aromatic N) is 1. The maximum Gasteiger partial charge on any atom is 0.191 e. The van der Waals surface area contributed by atoms with Gasteiger partial charge in [0.15, 0.2) is 5.96 Å². The number of rotatable bonds is 7. The Kier molecular flexibility index (Phi) is 6.71. The highest BCUT2D eigenvalue weighted by Gasteiger charge is 2.34. The summed E-state index contributed by atoms with van der Waals surface area (Å²) >= 11 is 0. The van der Waals surface area contributed by atoms with Gasteiger partial charge >= 0.3 is 0 Å². The Balaban J connectivity index is 2.44. The van der Waals surface area contributed by atoms with Gasteiger partial charge < -0.3 is 25.2 Å². The van der Waals surface area contributed by atoms with Gasteiger partial charge in [0.25, 0.3) is 0 Å². The topological polar surface area (TPSA) is 75.1 Å². The standard InChI is InChI=1S/C14H29N3O3/c1-13(2,19-4)9-16-12(15-3)17-10-14(5-7-18)6-8-20-11-14/h18H,5-11H2,1-4H3,(H2,15,16,17). The molecular formula is C14H29N3O3. The summed E-state index contributed by atoms with van der Waals surface area (Å²) < 4.78 is 10.8. The lowest BCUT2D eigenvalue weighted by atomic mass is 9.84. The summed E-state index contributed by atoms with van der Waals surface area (Å²) in [6.45, 7) is 7.11. The number of aliphatic hydroxyl groups is 1. The van der Waals surface area contributed by atoms with E-state index in [-0.39, 0.29) is 17.6 Å². The van der Waals surface area contributed by atoms with E-state index in [0.717, 1.165) is 32.0 Å². The van der Waals surface area contributed by atoms with Gasteiger partial charge in [0.05, 0.1) is 12.2 Å². The maximum atomic E-state index is 9.21. The maximum absolute atomic E-state index is 9.21. The molecule has 1 atom stereocenters. The largest absolute Gasteiger partial charge is 0.396 e. The first-order valence-corrected chi connectivity index (χ1v) is 7.15. The molecule has 1 aliphatic heterocycles. The first-order chi connectivity index (χ1) is 9.47. The van der Waals surface area contributed by atoms with Crippen LogP contribution < -0.4 is 10.6 Å². The van der Waals surface area contributed by atoms with Crippen LogP contribution in [-0.4, -0.2) is 63.7 Å². The predicted octanol–water partition coefficient (Wildman–Crippen LogP) is 0.366. The Hall–Kier alpha value is -0.850. The van der Waals surface area contributed by atoms with Crippen LogP contribution in [0, 0.1) is 5.41 Å². The summed E-state index contributed by atoms with van der Waals surface area (Å²) in [4.78, 5) is 4.21. The Bertz CT molecular complexity index is 313. The van der Waals surface area contributed by atoms with Gasteiger partial charge in [-0.25, -0.2) is 0 Å². The van der Waals surface area contributed by atoms with Crippen molar-refractivity contribution in [2.24, 2.45) is 10.4 Å². The van der Waals surface area contributed by atoms with Crippen molar-refractivity contribution in [3.05, 3.63) is 0 Å². The smallest absolute Gasteiger partial charge is 0.191 e. The highest BCUT2D eigenvalue weighted by atomic mass is 16.5. The van der Waals surface area contributed by atoms with E-state index < -0.39 is 0 Å². The number of hydrogen-bond acceptors (Lipinski definition) is 4. The quantitative estimate of drug-likeness (QED) is 0.466. The van der Waals surface area contributed by atoms with E-state index in [0.29, 0.717) is 13.2 Å². The van der Waals surface area contributed by atoms with E-state index in [2.05, 4.69) is 15.6 Å². The molecule has 0 aromatic carbocycles. The lowest BCUT2D eigenvalue weighted by Gasteiger charge is -2.29. The zero-order valence-corrected chi connectivity index (χ0v) is 13.2. The molecule has 1 heterocycles. The molecule has 1 saturated heterocycles. The van der Waals surface area contributed by atoms with E-state index in [1.54, 1.807) is 14.2 Å². The minimum atomic E-state index is -0.239. The number of ether oxygens (including phenoxy) is 2. The molecule has 1 rings (SSSR count). The number of nitrogens with one attached hydrogen (secondary N) is 2. The van der Waals surface area contributed by atoms with Crippen LogP contribution in [0.4, 0.5) is 0 Å². The van der Waals surface area contributed by atoms with Crippen molar-refractivity contribution in [1.82, 2.24) is 10.6 Å². The molecule has 1 unspecified atom stereocenters. The molecule has 1 aliphatic rings. The van der Waals surface area contributed by atoms with Crippen molar-refractivity contribution < 1.29 is 14.6 Å². The van der Waals surface area contributed by atoms with Gasteiger partial charge in [0, 0.05) is 45.9 Å². The minimum Gasteiger partial charge on any atom is -0.396 e. The van der Waals surface area contributed by atoms with Crippen LogP contribution in [0.5, 0.6) is 0 Å². The Labute approximate surface area is 121 Å². The zero-order valence-electron chi connectivity index (χ0n) is 13.2. The molecule has 0 aromatic rings. The molecular weight excluding hydrogens is 258 g/mol. The normalized spacial score (nSPS) is 23.9. The molecule has 0 spiro atoms. The Morgan fingerprint density at radius 2 is 2.20 bits per heavy atom. The molecule has 0 bridgehead atoms. The van der Waals surface area contributed by atoms with Crippen LogP contribution in [0.25, 0.3) is 0 Å². The number of aliphatic hydroxyl groups excluding tert-OH is 1. The number of guanidine groups is 1. The van der Waals surface area contributed by atoms with E-state index in [1.165, 1.54) is 0 Å². The number of hydrogen-bond donors (Lipinski definition) is 3. The average Bonchev–Trinajstić information content (AvgIpc) is 2.88. The Morgan fingerprint density at radius 3 is 2.70 bits per heavy atom. The van der Waals surface area contributed by atoms with E-state index >= 15 is 0 Å². The highest BCUT2D eigenvalue weighted by molar-refractivity contribution is 5.79. The fraction of sp³-hybridized carbons (Fsp3) is 0.929. The first-order valence-electron chi connectivity index (χ1n) is 7.15. The van der Waals surface area contributed by atoms with Crippen LogP contribution in [0.2, 0.25) is 0 Å². The summed E-state index contributed by atoms with van der Waals surface area (Å²) in [6, 6.07) is 0. The minimum absolute atomic E-state index is 0.0170. The van der Waals surface area contributed by atoms with Crippen molar-refractivity contribution in [2.75, 3.05) is 47.1 Å². The SMILES string of the molecule is CN=C(NCC1(CCO)CCOC1)NCC(C)(C)OC. The molecule has 6 heteroatoms. The third kappa shape index (κ3) is 5.26. The van der Waals surface area contributed by atoms with Crippen molar-refractivity contribution >= 4 is 5.96 Å². The molecule has 20 heavy (non-hydrogen) atoms. The predicted molar refractivity (Wildman–Crippen MR) is 80.0 cm³/mol. The van der Waals surface area contributed by atoms with Gasteiger partial charge in [-0.15, -0.1) is 0 Å². The van der Waals surface area contributed by atoms with E-state index in [4.69, 9.17) is 9.47 Å². The van der Waals surface area contributed by atoms with Gasteiger partial charge in [-0.05, 0) is 26.7 Å². The molecule has 3 N–H and O–H groups in total. The van der Waals surface area contributed by atoms with Crippen LogP contribution in [0.1, 0.15) is 26.7 Å².